The SMILES string of the molecule is C1CO1.C=C(C=CC(=O)O)C(=O)OCCCCCC(C)C.C=CC(=O)O. The molecule has 7 heteroatoms. The highest BCUT2D eigenvalue weighted by atomic mass is 16.6. The minimum Gasteiger partial charge on any atom is -0.478 e. The summed E-state index contributed by atoms with van der Waals surface area (Å²) < 4.78 is 9.46. The number of esters is 1. The van der Waals surface area contributed by atoms with Gasteiger partial charge in [-0.2, -0.15) is 0 Å². The topological polar surface area (TPSA) is 113 Å². The summed E-state index contributed by atoms with van der Waals surface area (Å²) in [5.74, 6) is -1.95. The Bertz CT molecular complexity index is 474. The molecule has 0 aliphatic carbocycles. The molecule has 148 valence electrons. The predicted octanol–water partition coefficient (Wildman–Crippen LogP) is 3.22. The molecule has 0 unspecified atom stereocenters. The summed E-state index contributed by atoms with van der Waals surface area (Å²) in [7, 11) is 0. The van der Waals surface area contributed by atoms with Gasteiger partial charge in [0.15, 0.2) is 0 Å². The van der Waals surface area contributed by atoms with Gasteiger partial charge in [0, 0.05) is 12.2 Å². The number of hydrogen-bond donors (Lipinski definition) is 2. The smallest absolute Gasteiger partial charge is 0.337 e. The molecule has 1 heterocycles. The van der Waals surface area contributed by atoms with E-state index in [9.17, 15) is 14.4 Å². The Balaban J connectivity index is 0. The van der Waals surface area contributed by atoms with Gasteiger partial charge in [0.2, 0.25) is 0 Å². The lowest BCUT2D eigenvalue weighted by atomic mass is 10.1. The van der Waals surface area contributed by atoms with Crippen molar-refractivity contribution in [1.82, 2.24) is 0 Å². The number of carbonyl (C=O) groups is 3. The summed E-state index contributed by atoms with van der Waals surface area (Å²) >= 11 is 0. The lowest BCUT2D eigenvalue weighted by molar-refractivity contribution is -0.138. The van der Waals surface area contributed by atoms with Crippen molar-refractivity contribution in [1.29, 1.82) is 0 Å². The van der Waals surface area contributed by atoms with E-state index < -0.39 is 17.9 Å². The van der Waals surface area contributed by atoms with Gasteiger partial charge in [0.05, 0.1) is 25.4 Å². The molecule has 0 aromatic rings. The van der Waals surface area contributed by atoms with Crippen molar-refractivity contribution in [3.63, 3.8) is 0 Å². The molecular formula is C19H30O7. The van der Waals surface area contributed by atoms with E-state index in [0.29, 0.717) is 12.5 Å². The molecule has 0 radical (unpaired) electrons. The van der Waals surface area contributed by atoms with Crippen LogP contribution in [0.1, 0.15) is 39.5 Å². The molecule has 0 bridgehead atoms. The van der Waals surface area contributed by atoms with E-state index in [1.165, 1.54) is 6.42 Å². The van der Waals surface area contributed by atoms with E-state index >= 15 is 0 Å². The normalized spacial score (nSPS) is 11.5. The van der Waals surface area contributed by atoms with Gasteiger partial charge < -0.3 is 19.7 Å². The summed E-state index contributed by atoms with van der Waals surface area (Å²) in [5.41, 5.74) is 0.0552. The van der Waals surface area contributed by atoms with Crippen LogP contribution in [0.15, 0.2) is 37.0 Å². The van der Waals surface area contributed by atoms with Gasteiger partial charge in [-0.15, -0.1) is 0 Å². The maximum Gasteiger partial charge on any atom is 0.337 e. The molecule has 0 saturated carbocycles. The number of carboxylic acid groups (broad SMARTS) is 2. The van der Waals surface area contributed by atoms with E-state index in [2.05, 4.69) is 31.7 Å². The monoisotopic (exact) mass is 370 g/mol. The van der Waals surface area contributed by atoms with Crippen LogP contribution in [0.25, 0.3) is 0 Å². The van der Waals surface area contributed by atoms with E-state index in [1.54, 1.807) is 0 Å². The first-order valence-electron chi connectivity index (χ1n) is 8.40. The van der Waals surface area contributed by atoms with Crippen molar-refractivity contribution in [3.8, 4) is 0 Å². The van der Waals surface area contributed by atoms with Crippen molar-refractivity contribution in [2.24, 2.45) is 5.92 Å². The fraction of sp³-hybridized carbons (Fsp3) is 0.526. The number of carboxylic acids is 2. The Morgan fingerprint density at radius 3 is 2.00 bits per heavy atom. The Hall–Kier alpha value is -2.41. The molecule has 1 rings (SSSR count). The summed E-state index contributed by atoms with van der Waals surface area (Å²) in [4.78, 5) is 30.8. The van der Waals surface area contributed by atoms with Crippen molar-refractivity contribution in [2.45, 2.75) is 39.5 Å². The third-order valence-electron chi connectivity index (χ3n) is 2.73. The molecule has 26 heavy (non-hydrogen) atoms. The van der Waals surface area contributed by atoms with Gasteiger partial charge in [-0.3, -0.25) is 0 Å². The molecule has 0 aromatic carbocycles. The second-order valence-electron chi connectivity index (χ2n) is 5.73. The number of ether oxygens (including phenoxy) is 2. The van der Waals surface area contributed by atoms with Gasteiger partial charge in [0.25, 0.3) is 0 Å². The van der Waals surface area contributed by atoms with Crippen LogP contribution in [0.3, 0.4) is 0 Å². The van der Waals surface area contributed by atoms with E-state index in [1.807, 2.05) is 0 Å². The zero-order valence-corrected chi connectivity index (χ0v) is 15.6. The van der Waals surface area contributed by atoms with Crippen LogP contribution in [-0.4, -0.2) is 47.9 Å². The van der Waals surface area contributed by atoms with Gasteiger partial charge in [-0.25, -0.2) is 14.4 Å². The summed E-state index contributed by atoms with van der Waals surface area (Å²) in [5, 5.41) is 16.0. The van der Waals surface area contributed by atoms with Gasteiger partial charge in [-0.1, -0.05) is 46.3 Å². The van der Waals surface area contributed by atoms with Crippen molar-refractivity contribution in [2.75, 3.05) is 19.8 Å². The summed E-state index contributed by atoms with van der Waals surface area (Å²) in [6, 6.07) is 0. The minimum atomic E-state index is -1.11. The number of rotatable bonds is 10. The first kappa shape index (κ1) is 25.8. The van der Waals surface area contributed by atoms with Crippen LogP contribution in [0.5, 0.6) is 0 Å². The first-order valence-corrected chi connectivity index (χ1v) is 8.40. The molecule has 0 atom stereocenters. The van der Waals surface area contributed by atoms with Crippen molar-refractivity contribution < 1.29 is 34.1 Å². The lowest BCUT2D eigenvalue weighted by Crippen LogP contribution is -2.07. The van der Waals surface area contributed by atoms with E-state index in [4.69, 9.17) is 14.9 Å². The predicted molar refractivity (Wildman–Crippen MR) is 98.8 cm³/mol. The van der Waals surface area contributed by atoms with E-state index in [0.717, 1.165) is 50.7 Å². The van der Waals surface area contributed by atoms with Crippen LogP contribution < -0.4 is 0 Å². The fourth-order valence-electron chi connectivity index (χ4n) is 1.33. The average molecular weight is 370 g/mol. The van der Waals surface area contributed by atoms with Crippen molar-refractivity contribution in [3.05, 3.63) is 37.0 Å². The second-order valence-corrected chi connectivity index (χ2v) is 5.73. The largest absolute Gasteiger partial charge is 0.478 e. The highest BCUT2D eigenvalue weighted by Gasteiger charge is 2.05. The fourth-order valence-corrected chi connectivity index (χ4v) is 1.33. The quantitative estimate of drug-likeness (QED) is 0.199. The zero-order chi connectivity index (χ0) is 20.4. The van der Waals surface area contributed by atoms with Gasteiger partial charge in [-0.05, 0) is 18.4 Å². The lowest BCUT2D eigenvalue weighted by Gasteiger charge is -2.05. The molecular weight excluding hydrogens is 340 g/mol. The number of epoxide rings is 1. The molecule has 0 amide bonds. The maximum atomic E-state index is 11.3. The number of aliphatic carboxylic acids is 2. The van der Waals surface area contributed by atoms with Gasteiger partial charge in [0.1, 0.15) is 0 Å². The van der Waals surface area contributed by atoms with Crippen LogP contribution in [-0.2, 0) is 23.9 Å². The number of carbonyl (C=O) groups excluding carboxylic acids is 1. The van der Waals surface area contributed by atoms with E-state index in [-0.39, 0.29) is 5.57 Å². The van der Waals surface area contributed by atoms with Crippen molar-refractivity contribution >= 4 is 17.9 Å². The Morgan fingerprint density at radius 1 is 1.08 bits per heavy atom. The summed E-state index contributed by atoms with van der Waals surface area (Å²) in [6.07, 6.45) is 7.02. The molecule has 1 saturated heterocycles. The maximum absolute atomic E-state index is 11.3. The standard InChI is InChI=1S/C14H22O4.C3H4O2.C2H4O/c1-11(2)7-5-4-6-10-18-14(17)12(3)8-9-13(15)16;1-2-3(4)5;1-2-3-1/h8-9,11H,3-7,10H2,1-2H3,(H,15,16);2H,1H2,(H,4,5);1-2H2. The Kier molecular flexibility index (Phi) is 17.3. The van der Waals surface area contributed by atoms with Crippen LogP contribution >= 0.6 is 0 Å². The summed E-state index contributed by atoms with van der Waals surface area (Å²) in [6.45, 7) is 13.1. The Labute approximate surface area is 155 Å². The molecule has 0 spiro atoms. The third kappa shape index (κ3) is 26.5. The van der Waals surface area contributed by atoms with Crippen LogP contribution in [0.4, 0.5) is 0 Å². The Morgan fingerprint density at radius 2 is 1.62 bits per heavy atom. The molecule has 1 aliphatic heterocycles. The van der Waals surface area contributed by atoms with Crippen LogP contribution in [0, 0.1) is 5.92 Å². The second kappa shape index (κ2) is 17.4. The number of hydrogen-bond acceptors (Lipinski definition) is 5. The number of unbranched alkanes of at least 4 members (excludes halogenated alkanes) is 2. The highest BCUT2D eigenvalue weighted by Crippen LogP contribution is 2.08. The molecule has 2 N–H and O–H groups in total. The molecule has 7 nitrogen and oxygen atoms in total. The molecule has 1 aliphatic rings. The molecule has 1 fully saturated rings. The molecule has 0 aromatic heterocycles. The van der Waals surface area contributed by atoms with Gasteiger partial charge >= 0.3 is 17.9 Å². The minimum absolute atomic E-state index is 0.0552. The zero-order valence-electron chi connectivity index (χ0n) is 15.6. The third-order valence-corrected chi connectivity index (χ3v) is 2.73. The average Bonchev–Trinajstić information content (AvgIpc) is 3.44. The highest BCUT2D eigenvalue weighted by molar-refractivity contribution is 5.93. The van der Waals surface area contributed by atoms with Crippen LogP contribution in [0.2, 0.25) is 0 Å². The first-order chi connectivity index (χ1) is 12.2.